The molecule has 0 atom stereocenters. The first-order valence-electron chi connectivity index (χ1n) is 9.45. The summed E-state index contributed by atoms with van der Waals surface area (Å²) in [7, 11) is -3.78. The highest BCUT2D eigenvalue weighted by atomic mass is 32.2. The molecule has 0 N–H and O–H groups in total. The first kappa shape index (κ1) is 22.1. The number of hydrogen-bond donors (Lipinski definition) is 0. The second-order valence-corrected chi connectivity index (χ2v) is 8.90. The molecule has 156 valence electrons. The van der Waals surface area contributed by atoms with E-state index in [4.69, 9.17) is 0 Å². The summed E-state index contributed by atoms with van der Waals surface area (Å²) < 4.78 is 26.6. The average molecular weight is 413 g/mol. The van der Waals surface area contributed by atoms with Crippen molar-refractivity contribution in [1.29, 1.82) is 0 Å². The van der Waals surface area contributed by atoms with E-state index in [0.717, 1.165) is 6.07 Å². The van der Waals surface area contributed by atoms with Crippen LogP contribution in [0.1, 0.15) is 27.7 Å². The Morgan fingerprint density at radius 1 is 1.18 bits per heavy atom. The third-order valence-electron chi connectivity index (χ3n) is 4.91. The number of piperazine rings is 1. The van der Waals surface area contributed by atoms with E-state index in [9.17, 15) is 23.3 Å². The van der Waals surface area contributed by atoms with Crippen LogP contribution < -0.4 is 4.90 Å². The Labute approximate surface area is 166 Å². The molecule has 0 spiro atoms. The Hall–Kier alpha value is -2.20. The molecule has 0 unspecified atom stereocenters. The maximum atomic E-state index is 12.7. The molecule has 9 nitrogen and oxygen atoms in total. The van der Waals surface area contributed by atoms with Crippen LogP contribution in [0.25, 0.3) is 0 Å². The smallest absolute Gasteiger partial charge is 0.293 e. The van der Waals surface area contributed by atoms with Gasteiger partial charge in [0, 0.05) is 51.3 Å². The van der Waals surface area contributed by atoms with Crippen molar-refractivity contribution in [3.63, 3.8) is 0 Å². The minimum absolute atomic E-state index is 0.0646. The van der Waals surface area contributed by atoms with Gasteiger partial charge in [0.1, 0.15) is 5.69 Å². The van der Waals surface area contributed by atoms with Crippen LogP contribution in [0.3, 0.4) is 0 Å². The first-order valence-corrected chi connectivity index (χ1v) is 10.9. The van der Waals surface area contributed by atoms with Crippen molar-refractivity contribution in [2.24, 2.45) is 5.92 Å². The Morgan fingerprint density at radius 3 is 2.21 bits per heavy atom. The van der Waals surface area contributed by atoms with Gasteiger partial charge in [0.15, 0.2) is 0 Å². The average Bonchev–Trinajstić information content (AvgIpc) is 2.67. The summed E-state index contributed by atoms with van der Waals surface area (Å²) in [5.41, 5.74) is 0.136. The van der Waals surface area contributed by atoms with Gasteiger partial charge in [-0.1, -0.05) is 27.7 Å². The number of carbonyl (C=O) groups is 1. The van der Waals surface area contributed by atoms with Gasteiger partial charge in [0.25, 0.3) is 5.69 Å². The normalized spacial score (nSPS) is 15.4. The van der Waals surface area contributed by atoms with Gasteiger partial charge in [-0.3, -0.25) is 14.9 Å². The number of amides is 1. The molecule has 1 aromatic rings. The lowest BCUT2D eigenvalue weighted by molar-refractivity contribution is -0.384. The zero-order valence-electron chi connectivity index (χ0n) is 16.8. The number of anilines is 1. The fraction of sp³-hybridized carbons (Fsp3) is 0.611. The maximum Gasteiger partial charge on any atom is 0.293 e. The van der Waals surface area contributed by atoms with E-state index < -0.39 is 14.9 Å². The molecule has 1 amide bonds. The standard InChI is InChI=1S/C18H28N4O5S/c1-5-21(6-2)28(26,27)15-7-8-16(17(13-15)22(24)25)19-9-11-20(12-10-19)18(23)14(3)4/h7-8,13-14H,5-6,9-12H2,1-4H3. The van der Waals surface area contributed by atoms with E-state index in [2.05, 4.69) is 0 Å². The van der Waals surface area contributed by atoms with Gasteiger partial charge in [0.05, 0.1) is 9.82 Å². The Balaban J connectivity index is 2.30. The molecule has 1 aromatic carbocycles. The predicted octanol–water partition coefficient (Wildman–Crippen LogP) is 1.93. The highest BCUT2D eigenvalue weighted by molar-refractivity contribution is 7.89. The van der Waals surface area contributed by atoms with Crippen LogP contribution >= 0.6 is 0 Å². The lowest BCUT2D eigenvalue weighted by Crippen LogP contribution is -2.50. The fourth-order valence-electron chi connectivity index (χ4n) is 3.32. The van der Waals surface area contributed by atoms with E-state index in [1.807, 2.05) is 18.7 Å². The molecular formula is C18H28N4O5S. The number of nitrogens with zero attached hydrogens (tertiary/aromatic N) is 4. The van der Waals surface area contributed by atoms with Crippen molar-refractivity contribution in [2.75, 3.05) is 44.2 Å². The summed E-state index contributed by atoms with van der Waals surface area (Å²) in [6.45, 7) is 9.59. The third kappa shape index (κ3) is 4.44. The molecule has 10 heteroatoms. The van der Waals surface area contributed by atoms with E-state index in [0.29, 0.717) is 45.0 Å². The Morgan fingerprint density at radius 2 is 1.75 bits per heavy atom. The number of hydrogen-bond acceptors (Lipinski definition) is 6. The molecule has 1 saturated heterocycles. The summed E-state index contributed by atoms with van der Waals surface area (Å²) in [6.07, 6.45) is 0. The predicted molar refractivity (Wildman–Crippen MR) is 107 cm³/mol. The van der Waals surface area contributed by atoms with Gasteiger partial charge in [0.2, 0.25) is 15.9 Å². The zero-order chi connectivity index (χ0) is 21.1. The number of carbonyl (C=O) groups excluding carboxylic acids is 1. The number of sulfonamides is 1. The third-order valence-corrected chi connectivity index (χ3v) is 6.96. The monoisotopic (exact) mass is 412 g/mol. The van der Waals surface area contributed by atoms with Crippen LogP contribution in [0.15, 0.2) is 23.1 Å². The molecule has 1 heterocycles. The molecule has 2 rings (SSSR count). The summed E-state index contributed by atoms with van der Waals surface area (Å²) in [5.74, 6) is -0.0275. The quantitative estimate of drug-likeness (QED) is 0.501. The fourth-order valence-corrected chi connectivity index (χ4v) is 4.80. The van der Waals surface area contributed by atoms with Gasteiger partial charge < -0.3 is 9.80 Å². The van der Waals surface area contributed by atoms with Crippen LogP contribution in [-0.4, -0.2) is 67.7 Å². The largest absolute Gasteiger partial charge is 0.362 e. The summed E-state index contributed by atoms with van der Waals surface area (Å²) in [6, 6.07) is 4.05. The van der Waals surface area contributed by atoms with Gasteiger partial charge in [-0.25, -0.2) is 8.42 Å². The molecule has 0 radical (unpaired) electrons. The van der Waals surface area contributed by atoms with Crippen molar-refractivity contribution >= 4 is 27.3 Å². The van der Waals surface area contributed by atoms with Gasteiger partial charge >= 0.3 is 0 Å². The van der Waals surface area contributed by atoms with Crippen molar-refractivity contribution in [1.82, 2.24) is 9.21 Å². The second-order valence-electron chi connectivity index (χ2n) is 6.96. The van der Waals surface area contributed by atoms with Gasteiger partial charge in [-0.2, -0.15) is 4.31 Å². The molecule has 0 bridgehead atoms. The zero-order valence-corrected chi connectivity index (χ0v) is 17.6. The number of rotatable bonds is 7. The van der Waals surface area contributed by atoms with Crippen molar-refractivity contribution < 1.29 is 18.1 Å². The molecule has 0 saturated carbocycles. The van der Waals surface area contributed by atoms with Gasteiger partial charge in [-0.15, -0.1) is 0 Å². The van der Waals surface area contributed by atoms with E-state index in [1.54, 1.807) is 18.7 Å². The van der Waals surface area contributed by atoms with Crippen LogP contribution in [0.4, 0.5) is 11.4 Å². The highest BCUT2D eigenvalue weighted by Crippen LogP contribution is 2.32. The first-order chi connectivity index (χ1) is 13.1. The lowest BCUT2D eigenvalue weighted by atomic mass is 10.1. The molecule has 1 fully saturated rings. The van der Waals surface area contributed by atoms with Crippen LogP contribution in [-0.2, 0) is 14.8 Å². The molecular weight excluding hydrogens is 384 g/mol. The minimum atomic E-state index is -3.78. The molecule has 1 aliphatic heterocycles. The van der Waals surface area contributed by atoms with Crippen molar-refractivity contribution in [3.8, 4) is 0 Å². The van der Waals surface area contributed by atoms with Crippen LogP contribution in [0.2, 0.25) is 0 Å². The molecule has 0 aliphatic carbocycles. The number of nitro groups is 1. The summed E-state index contributed by atoms with van der Waals surface area (Å²) >= 11 is 0. The SMILES string of the molecule is CCN(CC)S(=O)(=O)c1ccc(N2CCN(C(=O)C(C)C)CC2)c([N+](=O)[O-])c1. The molecule has 0 aromatic heterocycles. The van der Waals surface area contributed by atoms with E-state index in [1.165, 1.54) is 16.4 Å². The van der Waals surface area contributed by atoms with Crippen molar-refractivity contribution in [3.05, 3.63) is 28.3 Å². The Kier molecular flexibility index (Phi) is 7.00. The second kappa shape index (κ2) is 8.87. The summed E-state index contributed by atoms with van der Waals surface area (Å²) in [5, 5.41) is 11.6. The molecule has 1 aliphatic rings. The maximum absolute atomic E-state index is 12.7. The van der Waals surface area contributed by atoms with Gasteiger partial charge in [-0.05, 0) is 12.1 Å². The van der Waals surface area contributed by atoms with E-state index >= 15 is 0 Å². The van der Waals surface area contributed by atoms with Crippen LogP contribution in [0, 0.1) is 16.0 Å². The van der Waals surface area contributed by atoms with Crippen LogP contribution in [0.5, 0.6) is 0 Å². The topological polar surface area (TPSA) is 104 Å². The lowest BCUT2D eigenvalue weighted by Gasteiger charge is -2.36. The molecule has 28 heavy (non-hydrogen) atoms. The highest BCUT2D eigenvalue weighted by Gasteiger charge is 2.30. The van der Waals surface area contributed by atoms with Crippen molar-refractivity contribution in [2.45, 2.75) is 32.6 Å². The Bertz CT molecular complexity index is 828. The van der Waals surface area contributed by atoms with E-state index in [-0.39, 0.29) is 22.4 Å². The number of benzene rings is 1. The number of nitro benzene ring substituents is 1. The summed E-state index contributed by atoms with van der Waals surface area (Å²) in [4.78, 5) is 26.7. The minimum Gasteiger partial charge on any atom is -0.362 e.